The van der Waals surface area contributed by atoms with Crippen LogP contribution in [0.2, 0.25) is 0 Å². The standard InChI is InChI=1S/C17H13Br2NO2/c1-21-12-7-8-14-13(9-12)15(18)16(17(19)20-14)22-10-11-5-3-2-4-6-11/h2-9H,10H2,1H3. The molecule has 3 rings (SSSR count). The van der Waals surface area contributed by atoms with Crippen LogP contribution in [0.25, 0.3) is 10.9 Å². The Morgan fingerprint density at radius 2 is 1.82 bits per heavy atom. The minimum atomic E-state index is 0.481. The van der Waals surface area contributed by atoms with Crippen molar-refractivity contribution in [2.75, 3.05) is 7.11 Å². The number of aromatic nitrogens is 1. The molecule has 2 aromatic carbocycles. The van der Waals surface area contributed by atoms with Crippen molar-refractivity contribution in [3.63, 3.8) is 0 Å². The highest BCUT2D eigenvalue weighted by Crippen LogP contribution is 2.39. The highest BCUT2D eigenvalue weighted by molar-refractivity contribution is 9.11. The van der Waals surface area contributed by atoms with Crippen molar-refractivity contribution in [1.29, 1.82) is 0 Å². The van der Waals surface area contributed by atoms with Crippen LogP contribution in [0.1, 0.15) is 5.56 Å². The number of benzene rings is 2. The topological polar surface area (TPSA) is 31.4 Å². The highest BCUT2D eigenvalue weighted by Gasteiger charge is 2.14. The van der Waals surface area contributed by atoms with Gasteiger partial charge in [0.15, 0.2) is 5.75 Å². The second-order valence-corrected chi connectivity index (χ2v) is 6.25. The summed E-state index contributed by atoms with van der Waals surface area (Å²) in [6.07, 6.45) is 0. The molecule has 112 valence electrons. The minimum Gasteiger partial charge on any atom is -0.497 e. The number of pyridine rings is 1. The van der Waals surface area contributed by atoms with Crippen LogP contribution < -0.4 is 9.47 Å². The molecule has 1 heterocycles. The highest BCUT2D eigenvalue weighted by atomic mass is 79.9. The molecule has 0 bridgehead atoms. The van der Waals surface area contributed by atoms with E-state index in [0.29, 0.717) is 17.0 Å². The number of methoxy groups -OCH3 is 1. The Hall–Kier alpha value is -1.59. The maximum absolute atomic E-state index is 5.94. The molecular weight excluding hydrogens is 410 g/mol. The maximum Gasteiger partial charge on any atom is 0.167 e. The SMILES string of the molecule is COc1ccc2nc(Br)c(OCc3ccccc3)c(Br)c2c1. The van der Waals surface area contributed by atoms with Gasteiger partial charge in [-0.3, -0.25) is 0 Å². The number of hydrogen-bond donors (Lipinski definition) is 0. The third-order valence-corrected chi connectivity index (χ3v) is 4.60. The number of halogens is 2. The summed E-state index contributed by atoms with van der Waals surface area (Å²) in [5, 5.41) is 0.950. The first kappa shape index (κ1) is 15.3. The van der Waals surface area contributed by atoms with Crippen molar-refractivity contribution in [2.45, 2.75) is 6.61 Å². The molecule has 0 saturated heterocycles. The predicted octanol–water partition coefficient (Wildman–Crippen LogP) is 5.35. The van der Waals surface area contributed by atoms with E-state index < -0.39 is 0 Å². The van der Waals surface area contributed by atoms with E-state index in [1.165, 1.54) is 0 Å². The fraction of sp³-hybridized carbons (Fsp3) is 0.118. The largest absolute Gasteiger partial charge is 0.497 e. The summed E-state index contributed by atoms with van der Waals surface area (Å²) in [5.41, 5.74) is 1.97. The number of rotatable bonds is 4. The van der Waals surface area contributed by atoms with Crippen LogP contribution in [0.4, 0.5) is 0 Å². The molecule has 0 aliphatic heterocycles. The molecule has 0 saturated carbocycles. The van der Waals surface area contributed by atoms with Gasteiger partial charge in [-0.25, -0.2) is 4.98 Å². The lowest BCUT2D eigenvalue weighted by Gasteiger charge is -2.12. The van der Waals surface area contributed by atoms with Crippen molar-refractivity contribution in [3.05, 3.63) is 63.2 Å². The maximum atomic E-state index is 5.94. The molecule has 0 radical (unpaired) electrons. The fourth-order valence-corrected chi connectivity index (χ4v) is 3.53. The minimum absolute atomic E-state index is 0.481. The number of hydrogen-bond acceptors (Lipinski definition) is 3. The van der Waals surface area contributed by atoms with E-state index in [1.54, 1.807) is 7.11 Å². The number of fused-ring (bicyclic) bond motifs is 1. The van der Waals surface area contributed by atoms with E-state index in [9.17, 15) is 0 Å². The van der Waals surface area contributed by atoms with E-state index in [4.69, 9.17) is 9.47 Å². The first-order chi connectivity index (χ1) is 10.7. The average Bonchev–Trinajstić information content (AvgIpc) is 2.55. The van der Waals surface area contributed by atoms with Crippen LogP contribution >= 0.6 is 31.9 Å². The van der Waals surface area contributed by atoms with Crippen molar-refractivity contribution in [1.82, 2.24) is 4.98 Å². The van der Waals surface area contributed by atoms with Gasteiger partial charge in [0.2, 0.25) is 0 Å². The Morgan fingerprint density at radius 1 is 1.05 bits per heavy atom. The lowest BCUT2D eigenvalue weighted by molar-refractivity contribution is 0.301. The smallest absolute Gasteiger partial charge is 0.167 e. The summed E-state index contributed by atoms with van der Waals surface area (Å²) < 4.78 is 12.7. The van der Waals surface area contributed by atoms with E-state index in [2.05, 4.69) is 36.8 Å². The molecule has 0 N–H and O–H groups in total. The molecule has 0 atom stereocenters. The third kappa shape index (κ3) is 3.10. The molecule has 0 aliphatic carbocycles. The van der Waals surface area contributed by atoms with Crippen LogP contribution in [-0.2, 0) is 6.61 Å². The van der Waals surface area contributed by atoms with Gasteiger partial charge in [0.05, 0.1) is 17.1 Å². The van der Waals surface area contributed by atoms with Crippen molar-refractivity contribution in [2.24, 2.45) is 0 Å². The van der Waals surface area contributed by atoms with Crippen molar-refractivity contribution < 1.29 is 9.47 Å². The lowest BCUT2D eigenvalue weighted by Crippen LogP contribution is -1.98. The second kappa shape index (κ2) is 6.67. The van der Waals surface area contributed by atoms with Crippen LogP contribution in [-0.4, -0.2) is 12.1 Å². The van der Waals surface area contributed by atoms with E-state index in [0.717, 1.165) is 26.7 Å². The molecule has 3 aromatic rings. The van der Waals surface area contributed by atoms with Crippen LogP contribution in [0, 0.1) is 0 Å². The summed E-state index contributed by atoms with van der Waals surface area (Å²) in [6.45, 7) is 0.481. The summed E-state index contributed by atoms with van der Waals surface area (Å²) in [5.74, 6) is 1.47. The Bertz CT molecular complexity index is 807. The van der Waals surface area contributed by atoms with Gasteiger partial charge in [-0.05, 0) is 55.6 Å². The second-order valence-electron chi connectivity index (χ2n) is 4.70. The first-order valence-corrected chi connectivity index (χ1v) is 8.27. The van der Waals surface area contributed by atoms with E-state index >= 15 is 0 Å². The molecule has 0 unspecified atom stereocenters. The van der Waals surface area contributed by atoms with Gasteiger partial charge >= 0.3 is 0 Å². The summed E-state index contributed by atoms with van der Waals surface area (Å²) in [7, 11) is 1.65. The molecule has 0 spiro atoms. The molecule has 0 amide bonds. The Labute approximate surface area is 145 Å². The van der Waals surface area contributed by atoms with Crippen molar-refractivity contribution in [3.8, 4) is 11.5 Å². The van der Waals surface area contributed by atoms with Gasteiger partial charge in [-0.1, -0.05) is 30.3 Å². The molecular formula is C17H13Br2NO2. The summed E-state index contributed by atoms with van der Waals surface area (Å²) in [4.78, 5) is 4.53. The van der Waals surface area contributed by atoms with Crippen molar-refractivity contribution >= 4 is 42.8 Å². The molecule has 0 aliphatic rings. The number of nitrogens with zero attached hydrogens (tertiary/aromatic N) is 1. The van der Waals surface area contributed by atoms with Crippen LogP contribution in [0.5, 0.6) is 11.5 Å². The molecule has 1 aromatic heterocycles. The van der Waals surface area contributed by atoms with Gasteiger partial charge in [0.1, 0.15) is 17.0 Å². The average molecular weight is 423 g/mol. The third-order valence-electron chi connectivity index (χ3n) is 3.27. The van der Waals surface area contributed by atoms with Gasteiger partial charge < -0.3 is 9.47 Å². The Morgan fingerprint density at radius 3 is 2.55 bits per heavy atom. The van der Waals surface area contributed by atoms with E-state index in [1.807, 2.05) is 48.5 Å². The normalized spacial score (nSPS) is 10.7. The fourth-order valence-electron chi connectivity index (χ4n) is 2.14. The molecule has 5 heteroatoms. The van der Waals surface area contributed by atoms with Gasteiger partial charge in [-0.15, -0.1) is 0 Å². The first-order valence-electron chi connectivity index (χ1n) is 6.68. The zero-order chi connectivity index (χ0) is 15.5. The Balaban J connectivity index is 1.98. The van der Waals surface area contributed by atoms with Gasteiger partial charge in [0, 0.05) is 5.39 Å². The summed E-state index contributed by atoms with van der Waals surface area (Å²) >= 11 is 7.10. The van der Waals surface area contributed by atoms with Crippen LogP contribution in [0.3, 0.4) is 0 Å². The Kier molecular flexibility index (Phi) is 4.64. The number of ether oxygens (including phenoxy) is 2. The van der Waals surface area contributed by atoms with E-state index in [-0.39, 0.29) is 0 Å². The molecule has 3 nitrogen and oxygen atoms in total. The summed E-state index contributed by atoms with van der Waals surface area (Å²) in [6, 6.07) is 15.8. The zero-order valence-corrected chi connectivity index (χ0v) is 15.0. The zero-order valence-electron chi connectivity index (χ0n) is 11.8. The van der Waals surface area contributed by atoms with Gasteiger partial charge in [0.25, 0.3) is 0 Å². The molecule has 22 heavy (non-hydrogen) atoms. The monoisotopic (exact) mass is 421 g/mol. The van der Waals surface area contributed by atoms with Crippen LogP contribution in [0.15, 0.2) is 57.6 Å². The predicted molar refractivity (Wildman–Crippen MR) is 94.5 cm³/mol. The lowest BCUT2D eigenvalue weighted by atomic mass is 10.2. The quantitative estimate of drug-likeness (QED) is 0.531. The van der Waals surface area contributed by atoms with Gasteiger partial charge in [-0.2, -0.15) is 0 Å². The molecule has 0 fully saturated rings.